The Kier molecular flexibility index (Phi) is 6.01. The molecule has 0 bridgehead atoms. The average Bonchev–Trinajstić information content (AvgIpc) is 2.11. The number of pyridine rings is 1. The normalized spacial score (nSPS) is 15.2. The number of alkyl halides is 3. The predicted molar refractivity (Wildman–Crippen MR) is 61.0 cm³/mol. The van der Waals surface area contributed by atoms with E-state index < -0.39 is 11.9 Å². The summed E-state index contributed by atoms with van der Waals surface area (Å²) in [5.41, 5.74) is -0.924. The lowest BCUT2D eigenvalue weighted by molar-refractivity contribution is -0.141. The highest BCUT2D eigenvalue weighted by Gasteiger charge is 2.33. The van der Waals surface area contributed by atoms with Crippen LogP contribution in [0.3, 0.4) is 0 Å². The van der Waals surface area contributed by atoms with Crippen molar-refractivity contribution in [2.45, 2.75) is 12.3 Å². The first-order chi connectivity index (χ1) is 7.05. The summed E-state index contributed by atoms with van der Waals surface area (Å²) in [5.74, 6) is 0.0244. The summed E-state index contributed by atoms with van der Waals surface area (Å²) in [6.07, 6.45) is -4.49. The molecule has 1 aliphatic heterocycles. The zero-order valence-corrected chi connectivity index (χ0v) is 10.2. The van der Waals surface area contributed by atoms with Crippen LogP contribution in [0.5, 0.6) is 5.88 Å². The van der Waals surface area contributed by atoms with Crippen molar-refractivity contribution in [1.82, 2.24) is 10.3 Å². The Morgan fingerprint density at radius 1 is 1.24 bits per heavy atom. The van der Waals surface area contributed by atoms with Crippen LogP contribution in [0.1, 0.15) is 5.69 Å². The maximum atomic E-state index is 12.3. The summed E-state index contributed by atoms with van der Waals surface area (Å²) in [4.78, 5) is 3.39. The molecule has 0 aliphatic carbocycles. The number of nitrogens with zero attached hydrogens (tertiary/aromatic N) is 1. The molecule has 1 N–H and O–H groups in total. The number of halogens is 5. The van der Waals surface area contributed by atoms with Crippen molar-refractivity contribution in [3.8, 4) is 5.88 Å². The Morgan fingerprint density at radius 2 is 1.88 bits per heavy atom. The van der Waals surface area contributed by atoms with Crippen molar-refractivity contribution in [1.29, 1.82) is 0 Å². The van der Waals surface area contributed by atoms with Crippen LogP contribution in [0.2, 0.25) is 0 Å². The number of hydrogen-bond donors (Lipinski definition) is 1. The Labute approximate surface area is 109 Å². The van der Waals surface area contributed by atoms with Crippen LogP contribution in [-0.4, -0.2) is 24.2 Å². The summed E-state index contributed by atoms with van der Waals surface area (Å²) in [5, 5.41) is 2.95. The van der Waals surface area contributed by atoms with E-state index in [4.69, 9.17) is 4.74 Å². The Hall–Kier alpha value is -0.720. The number of aromatic nitrogens is 1. The molecule has 0 atom stereocenters. The van der Waals surface area contributed by atoms with E-state index in [9.17, 15) is 13.2 Å². The van der Waals surface area contributed by atoms with Crippen LogP contribution in [0.4, 0.5) is 13.2 Å². The highest BCUT2D eigenvalue weighted by Crippen LogP contribution is 2.28. The van der Waals surface area contributed by atoms with E-state index in [-0.39, 0.29) is 36.8 Å². The van der Waals surface area contributed by atoms with Gasteiger partial charge in [-0.15, -0.1) is 24.8 Å². The lowest BCUT2D eigenvalue weighted by Gasteiger charge is -2.27. The van der Waals surface area contributed by atoms with Crippen molar-refractivity contribution in [3.63, 3.8) is 0 Å². The minimum Gasteiger partial charge on any atom is -0.472 e. The van der Waals surface area contributed by atoms with Gasteiger partial charge in [0.25, 0.3) is 0 Å². The van der Waals surface area contributed by atoms with Gasteiger partial charge in [-0.1, -0.05) is 6.07 Å². The maximum Gasteiger partial charge on any atom is 0.433 e. The van der Waals surface area contributed by atoms with Crippen molar-refractivity contribution in [2.75, 3.05) is 13.1 Å². The third kappa shape index (κ3) is 4.22. The SMILES string of the molecule is Cl.Cl.FC(F)(F)c1cccc(OC2CNC2)n1. The van der Waals surface area contributed by atoms with Gasteiger partial charge < -0.3 is 10.1 Å². The zero-order chi connectivity index (χ0) is 10.9. The van der Waals surface area contributed by atoms with E-state index in [0.29, 0.717) is 13.1 Å². The van der Waals surface area contributed by atoms with Crippen LogP contribution >= 0.6 is 24.8 Å². The molecule has 2 rings (SSSR count). The molecule has 1 aromatic heterocycles. The van der Waals surface area contributed by atoms with E-state index in [1.54, 1.807) is 0 Å². The summed E-state index contributed by atoms with van der Waals surface area (Å²) < 4.78 is 42.0. The Bertz CT molecular complexity index is 358. The van der Waals surface area contributed by atoms with Gasteiger partial charge in [0, 0.05) is 19.2 Å². The Balaban J connectivity index is 0.00000128. The topological polar surface area (TPSA) is 34.1 Å². The second-order valence-electron chi connectivity index (χ2n) is 3.26. The van der Waals surface area contributed by atoms with E-state index >= 15 is 0 Å². The largest absolute Gasteiger partial charge is 0.472 e. The van der Waals surface area contributed by atoms with Gasteiger partial charge in [0.05, 0.1) is 0 Å². The summed E-state index contributed by atoms with van der Waals surface area (Å²) in [6, 6.07) is 3.64. The first-order valence-corrected chi connectivity index (χ1v) is 4.47. The van der Waals surface area contributed by atoms with Gasteiger partial charge in [-0.3, -0.25) is 0 Å². The fourth-order valence-corrected chi connectivity index (χ4v) is 1.15. The fourth-order valence-electron chi connectivity index (χ4n) is 1.15. The molecule has 0 unspecified atom stereocenters. The molecule has 1 saturated heterocycles. The lowest BCUT2D eigenvalue weighted by Crippen LogP contribution is -2.50. The van der Waals surface area contributed by atoms with Crippen LogP contribution in [0.15, 0.2) is 18.2 Å². The van der Waals surface area contributed by atoms with Crippen molar-refractivity contribution in [3.05, 3.63) is 23.9 Å². The van der Waals surface area contributed by atoms with Crippen molar-refractivity contribution < 1.29 is 17.9 Å². The standard InChI is InChI=1S/C9H9F3N2O.2ClH/c10-9(11,12)7-2-1-3-8(14-7)15-6-4-13-5-6;;/h1-3,6,13H,4-5H2;2*1H. The van der Waals surface area contributed by atoms with E-state index in [2.05, 4.69) is 10.3 Å². The van der Waals surface area contributed by atoms with Gasteiger partial charge in [0.1, 0.15) is 11.8 Å². The average molecular weight is 291 g/mol. The third-order valence-corrected chi connectivity index (χ3v) is 2.05. The number of hydrogen-bond acceptors (Lipinski definition) is 3. The fraction of sp³-hybridized carbons (Fsp3) is 0.444. The highest BCUT2D eigenvalue weighted by atomic mass is 35.5. The van der Waals surface area contributed by atoms with Crippen molar-refractivity contribution in [2.24, 2.45) is 0 Å². The summed E-state index contributed by atoms with van der Waals surface area (Å²) in [7, 11) is 0. The van der Waals surface area contributed by atoms with Crippen LogP contribution in [-0.2, 0) is 6.18 Å². The Morgan fingerprint density at radius 3 is 2.35 bits per heavy atom. The first-order valence-electron chi connectivity index (χ1n) is 4.47. The second kappa shape index (κ2) is 6.28. The third-order valence-electron chi connectivity index (χ3n) is 2.05. The maximum absolute atomic E-state index is 12.3. The number of rotatable bonds is 2. The highest BCUT2D eigenvalue weighted by molar-refractivity contribution is 5.85. The lowest BCUT2D eigenvalue weighted by atomic mass is 10.2. The molecular weight excluding hydrogens is 280 g/mol. The van der Waals surface area contributed by atoms with Gasteiger partial charge in [-0.05, 0) is 6.07 Å². The van der Waals surface area contributed by atoms with Gasteiger partial charge >= 0.3 is 6.18 Å². The zero-order valence-electron chi connectivity index (χ0n) is 8.53. The molecule has 17 heavy (non-hydrogen) atoms. The van der Waals surface area contributed by atoms with E-state index in [0.717, 1.165) is 6.07 Å². The number of nitrogens with one attached hydrogen (secondary N) is 1. The predicted octanol–water partition coefficient (Wildman–Crippen LogP) is 2.29. The molecule has 0 saturated carbocycles. The first kappa shape index (κ1) is 16.3. The number of ether oxygens (including phenoxy) is 1. The molecule has 0 radical (unpaired) electrons. The monoisotopic (exact) mass is 290 g/mol. The second-order valence-corrected chi connectivity index (χ2v) is 3.26. The van der Waals surface area contributed by atoms with Gasteiger partial charge in [-0.2, -0.15) is 13.2 Å². The minimum atomic E-state index is -4.42. The molecular formula is C9H11Cl2F3N2O. The van der Waals surface area contributed by atoms with E-state index in [1.807, 2.05) is 0 Å². The molecule has 2 heterocycles. The van der Waals surface area contributed by atoms with Crippen LogP contribution < -0.4 is 10.1 Å². The minimum absolute atomic E-state index is 0. The molecule has 1 fully saturated rings. The summed E-state index contributed by atoms with van der Waals surface area (Å²) >= 11 is 0. The molecule has 0 amide bonds. The van der Waals surface area contributed by atoms with Crippen LogP contribution in [0.25, 0.3) is 0 Å². The smallest absolute Gasteiger partial charge is 0.433 e. The molecule has 1 aliphatic rings. The molecule has 1 aromatic rings. The summed E-state index contributed by atoms with van der Waals surface area (Å²) in [6.45, 7) is 1.30. The van der Waals surface area contributed by atoms with Gasteiger partial charge in [0.15, 0.2) is 0 Å². The quantitative estimate of drug-likeness (QED) is 0.908. The molecule has 0 spiro atoms. The van der Waals surface area contributed by atoms with E-state index in [1.165, 1.54) is 12.1 Å². The van der Waals surface area contributed by atoms with Gasteiger partial charge in [-0.25, -0.2) is 4.98 Å². The van der Waals surface area contributed by atoms with Crippen molar-refractivity contribution >= 4 is 24.8 Å². The molecule has 0 aromatic carbocycles. The molecule has 3 nitrogen and oxygen atoms in total. The molecule has 98 valence electrons. The van der Waals surface area contributed by atoms with Gasteiger partial charge in [0.2, 0.25) is 5.88 Å². The van der Waals surface area contributed by atoms with Crippen LogP contribution in [0, 0.1) is 0 Å². The molecule has 8 heteroatoms.